The van der Waals surface area contributed by atoms with Crippen molar-refractivity contribution in [2.75, 3.05) is 6.26 Å². The fourth-order valence-corrected chi connectivity index (χ4v) is 5.11. The number of nitrogens with zero attached hydrogens (tertiary/aromatic N) is 2. The van der Waals surface area contributed by atoms with Gasteiger partial charge >= 0.3 is 0 Å². The summed E-state index contributed by atoms with van der Waals surface area (Å²) in [5.74, 6) is 0. The molecule has 4 aromatic rings. The number of hydrogen-bond acceptors (Lipinski definition) is 4. The summed E-state index contributed by atoms with van der Waals surface area (Å²) in [5.41, 5.74) is 3.74. The van der Waals surface area contributed by atoms with Crippen molar-refractivity contribution < 1.29 is 8.42 Å². The predicted molar refractivity (Wildman–Crippen MR) is 115 cm³/mol. The second kappa shape index (κ2) is 7.20. The van der Waals surface area contributed by atoms with Crippen LogP contribution in [0.1, 0.15) is 5.56 Å². The van der Waals surface area contributed by atoms with Gasteiger partial charge in [-0.3, -0.25) is 0 Å². The van der Waals surface area contributed by atoms with E-state index in [-0.39, 0.29) is 0 Å². The molecule has 0 aliphatic carbocycles. The highest BCUT2D eigenvalue weighted by atomic mass is 35.5. The van der Waals surface area contributed by atoms with E-state index in [1.165, 1.54) is 6.26 Å². The summed E-state index contributed by atoms with van der Waals surface area (Å²) in [6, 6.07) is 18.6. The SMILES string of the molecule is Cc1cc(-c2cccc(S(C)(=O)=O)c2)sc1-c1ccnn1-c1ccccc1Cl. The van der Waals surface area contributed by atoms with E-state index in [0.717, 1.165) is 32.3 Å². The van der Waals surface area contributed by atoms with Crippen molar-refractivity contribution >= 4 is 32.8 Å². The van der Waals surface area contributed by atoms with E-state index in [2.05, 4.69) is 11.2 Å². The Balaban J connectivity index is 1.81. The minimum absolute atomic E-state index is 0.318. The number of benzene rings is 2. The third-order valence-electron chi connectivity index (χ3n) is 4.42. The first-order valence-electron chi connectivity index (χ1n) is 8.55. The van der Waals surface area contributed by atoms with Gasteiger partial charge in [0.05, 0.1) is 32.4 Å². The molecule has 0 aliphatic heterocycles. The van der Waals surface area contributed by atoms with Crippen LogP contribution in [0.15, 0.2) is 71.8 Å². The van der Waals surface area contributed by atoms with Crippen LogP contribution in [-0.4, -0.2) is 24.5 Å². The summed E-state index contributed by atoms with van der Waals surface area (Å²) >= 11 is 7.97. The van der Waals surface area contributed by atoms with Gasteiger partial charge in [0.1, 0.15) is 0 Å². The van der Waals surface area contributed by atoms with Crippen molar-refractivity contribution in [2.45, 2.75) is 11.8 Å². The van der Waals surface area contributed by atoms with Crippen LogP contribution >= 0.6 is 22.9 Å². The molecule has 0 fully saturated rings. The number of aryl methyl sites for hydroxylation is 1. The second-order valence-corrected chi connectivity index (χ2v) is 9.98. The molecule has 0 bridgehead atoms. The number of para-hydroxylation sites is 1. The zero-order chi connectivity index (χ0) is 19.9. The lowest BCUT2D eigenvalue weighted by atomic mass is 10.1. The maximum Gasteiger partial charge on any atom is 0.175 e. The summed E-state index contributed by atoms with van der Waals surface area (Å²) in [6.07, 6.45) is 2.97. The largest absolute Gasteiger partial charge is 0.231 e. The molecule has 4 nitrogen and oxygen atoms in total. The average Bonchev–Trinajstić information content (AvgIpc) is 3.28. The molecule has 0 saturated carbocycles. The predicted octanol–water partition coefficient (Wildman–Crippen LogP) is 5.63. The third-order valence-corrected chi connectivity index (χ3v) is 7.16. The summed E-state index contributed by atoms with van der Waals surface area (Å²) in [5, 5.41) is 5.08. The first kappa shape index (κ1) is 18.9. The molecule has 4 rings (SSSR count). The van der Waals surface area contributed by atoms with E-state index in [4.69, 9.17) is 11.6 Å². The van der Waals surface area contributed by atoms with Gasteiger partial charge in [-0.2, -0.15) is 5.10 Å². The number of thiophene rings is 1. The molecule has 142 valence electrons. The van der Waals surface area contributed by atoms with E-state index in [1.54, 1.807) is 35.7 Å². The summed E-state index contributed by atoms with van der Waals surface area (Å²) < 4.78 is 25.6. The summed E-state index contributed by atoms with van der Waals surface area (Å²) in [7, 11) is -3.25. The highest BCUT2D eigenvalue weighted by Gasteiger charge is 2.16. The first-order valence-corrected chi connectivity index (χ1v) is 11.6. The average molecular weight is 429 g/mol. The third kappa shape index (κ3) is 3.51. The summed E-state index contributed by atoms with van der Waals surface area (Å²) in [6.45, 7) is 2.04. The van der Waals surface area contributed by atoms with Gasteiger partial charge in [-0.1, -0.05) is 35.9 Å². The molecule has 0 saturated heterocycles. The van der Waals surface area contributed by atoms with Crippen molar-refractivity contribution in [1.29, 1.82) is 0 Å². The van der Waals surface area contributed by atoms with Crippen LogP contribution < -0.4 is 0 Å². The monoisotopic (exact) mass is 428 g/mol. The van der Waals surface area contributed by atoms with Gasteiger partial charge in [-0.05, 0) is 54.4 Å². The second-order valence-electron chi connectivity index (χ2n) is 6.50. The zero-order valence-electron chi connectivity index (χ0n) is 15.3. The van der Waals surface area contributed by atoms with Gasteiger partial charge in [0.15, 0.2) is 9.84 Å². The van der Waals surface area contributed by atoms with Gasteiger partial charge in [-0.25, -0.2) is 13.1 Å². The molecular weight excluding hydrogens is 412 g/mol. The Hall–Kier alpha value is -2.41. The fraction of sp³-hybridized carbons (Fsp3) is 0.0952. The maximum atomic E-state index is 11.9. The van der Waals surface area contributed by atoms with Crippen molar-refractivity contribution in [3.8, 4) is 26.7 Å². The molecule has 2 heterocycles. The van der Waals surface area contributed by atoms with Crippen LogP contribution in [-0.2, 0) is 9.84 Å². The topological polar surface area (TPSA) is 52.0 Å². The number of sulfone groups is 1. The highest BCUT2D eigenvalue weighted by molar-refractivity contribution is 7.90. The molecular formula is C21H17ClN2O2S2. The van der Waals surface area contributed by atoms with E-state index in [1.807, 2.05) is 48.0 Å². The van der Waals surface area contributed by atoms with E-state index >= 15 is 0 Å². The Bertz CT molecular complexity index is 1270. The summed E-state index contributed by atoms with van der Waals surface area (Å²) in [4.78, 5) is 2.39. The van der Waals surface area contributed by atoms with Crippen LogP contribution in [0.4, 0.5) is 0 Å². The van der Waals surface area contributed by atoms with E-state index < -0.39 is 9.84 Å². The van der Waals surface area contributed by atoms with Crippen molar-refractivity contribution in [1.82, 2.24) is 9.78 Å². The standard InChI is InChI=1S/C21H17ClN2O2S2/c1-14-12-20(15-6-5-7-16(13-15)28(2,25)26)27-21(14)19-10-11-23-24(19)18-9-4-3-8-17(18)22/h3-13H,1-2H3. The fourth-order valence-electron chi connectivity index (χ4n) is 3.05. The minimum Gasteiger partial charge on any atom is -0.231 e. The van der Waals surface area contributed by atoms with Crippen molar-refractivity contribution in [3.63, 3.8) is 0 Å². The lowest BCUT2D eigenvalue weighted by Gasteiger charge is -2.08. The lowest BCUT2D eigenvalue weighted by Crippen LogP contribution is -1.99. The smallest absolute Gasteiger partial charge is 0.175 e. The Morgan fingerprint density at radius 3 is 2.57 bits per heavy atom. The Labute approximate surface area is 173 Å². The number of rotatable bonds is 4. The van der Waals surface area contributed by atoms with Crippen molar-refractivity contribution in [2.24, 2.45) is 0 Å². The van der Waals surface area contributed by atoms with E-state index in [0.29, 0.717) is 9.92 Å². The number of aromatic nitrogens is 2. The van der Waals surface area contributed by atoms with E-state index in [9.17, 15) is 8.42 Å². The van der Waals surface area contributed by atoms with Gasteiger partial charge in [0.25, 0.3) is 0 Å². The first-order chi connectivity index (χ1) is 13.3. The van der Waals surface area contributed by atoms with Crippen LogP contribution in [0.2, 0.25) is 5.02 Å². The van der Waals surface area contributed by atoms with Gasteiger partial charge in [-0.15, -0.1) is 11.3 Å². The van der Waals surface area contributed by atoms with Gasteiger partial charge in [0, 0.05) is 11.1 Å². The Kier molecular flexibility index (Phi) is 4.87. The Morgan fingerprint density at radius 1 is 1.04 bits per heavy atom. The molecule has 0 aliphatic rings. The molecule has 0 amide bonds. The lowest BCUT2D eigenvalue weighted by molar-refractivity contribution is 0.602. The maximum absolute atomic E-state index is 11.9. The van der Waals surface area contributed by atoms with Crippen LogP contribution in [0.3, 0.4) is 0 Å². The normalized spacial score (nSPS) is 11.7. The van der Waals surface area contributed by atoms with Crippen molar-refractivity contribution in [3.05, 3.63) is 77.4 Å². The Morgan fingerprint density at radius 2 is 1.82 bits per heavy atom. The number of hydrogen-bond donors (Lipinski definition) is 0. The van der Waals surface area contributed by atoms with Gasteiger partial charge in [0.2, 0.25) is 0 Å². The minimum atomic E-state index is -3.25. The van der Waals surface area contributed by atoms with Crippen LogP contribution in [0, 0.1) is 6.92 Å². The highest BCUT2D eigenvalue weighted by Crippen LogP contribution is 2.39. The molecule has 2 aromatic heterocycles. The molecule has 7 heteroatoms. The van der Waals surface area contributed by atoms with Crippen LogP contribution in [0.25, 0.3) is 26.7 Å². The zero-order valence-corrected chi connectivity index (χ0v) is 17.6. The quantitative estimate of drug-likeness (QED) is 0.423. The molecule has 0 radical (unpaired) electrons. The molecule has 0 unspecified atom stereocenters. The molecule has 0 atom stereocenters. The molecule has 0 N–H and O–H groups in total. The van der Waals surface area contributed by atoms with Gasteiger partial charge < -0.3 is 0 Å². The molecule has 0 spiro atoms. The molecule has 28 heavy (non-hydrogen) atoms. The number of halogens is 1. The van der Waals surface area contributed by atoms with Crippen LogP contribution in [0.5, 0.6) is 0 Å². The molecule has 2 aromatic carbocycles.